The van der Waals surface area contributed by atoms with Crippen molar-refractivity contribution in [1.29, 1.82) is 0 Å². The minimum atomic E-state index is -0.981. The number of rotatable bonds is 1. The third-order valence-electron chi connectivity index (χ3n) is 0.175. The molecule has 3 nitrogen and oxygen atoms in total. The number of carbonyl (C=O) groups is 1. The molecule has 0 aliphatic heterocycles. The molecule has 0 atom stereocenters. The molecule has 0 bridgehead atoms. The predicted octanol–water partition coefficient (Wildman–Crippen LogP) is 0.136. The summed E-state index contributed by atoms with van der Waals surface area (Å²) in [5.41, 5.74) is 0. The van der Waals surface area contributed by atoms with Gasteiger partial charge in [-0.15, -0.1) is 0 Å². The second-order valence-corrected chi connectivity index (χ2v) is 0.542. The average Bonchev–Trinajstić information content (AvgIpc) is 1.73. The minimum absolute atomic E-state index is 0.833. The summed E-state index contributed by atoms with van der Waals surface area (Å²) < 4.78 is 8.12. The van der Waals surface area contributed by atoms with Gasteiger partial charge in [0.1, 0.15) is 0 Å². The molecule has 4 heteroatoms. The van der Waals surface area contributed by atoms with Gasteiger partial charge in [-0.05, 0) is 0 Å². The third kappa shape index (κ3) is 29.2. The molecule has 0 aromatic rings. The fraction of sp³-hybridized carbons (Fsp3) is 0. The Kier molecular flexibility index (Phi) is 12.7. The van der Waals surface area contributed by atoms with Crippen LogP contribution in [0.15, 0.2) is 12.7 Å². The number of carboxylic acids is 1. The topological polar surface area (TPSA) is 54.4 Å². The fourth-order valence-electron chi connectivity index (χ4n) is 0. The Balaban J connectivity index is 0. The van der Waals surface area contributed by atoms with E-state index in [0.29, 0.717) is 0 Å². The molecule has 0 saturated heterocycles. The van der Waals surface area contributed by atoms with Gasteiger partial charge in [0.2, 0.25) is 0 Å². The van der Waals surface area contributed by atoms with Gasteiger partial charge >= 0.3 is 26.0 Å². The fourth-order valence-corrected chi connectivity index (χ4v) is 0. The molecule has 7 heavy (non-hydrogen) atoms. The van der Waals surface area contributed by atoms with E-state index in [0.717, 1.165) is 6.08 Å². The second kappa shape index (κ2) is 9.11. The first kappa shape index (κ1) is 9.74. The molecule has 0 radical (unpaired) electrons. The van der Waals surface area contributed by atoms with Crippen molar-refractivity contribution in [2.24, 2.45) is 0 Å². The van der Waals surface area contributed by atoms with Gasteiger partial charge in [-0.3, -0.25) is 0 Å². The summed E-state index contributed by atoms with van der Waals surface area (Å²) in [4.78, 5) is 9.25. The van der Waals surface area contributed by atoms with Crippen LogP contribution in [0.4, 0.5) is 0 Å². The standard InChI is InChI=1S/C3H4O2.Cr.O/c1-2-3(4)5;;/h2H,1H2,(H,4,5);;. The molecule has 0 amide bonds. The first-order chi connectivity index (χ1) is 3.27. The number of carboxylic acid groups (broad SMARTS) is 1. The molecule has 0 aromatic heterocycles. The molecule has 0 aliphatic carbocycles. The van der Waals surface area contributed by atoms with E-state index in [1.807, 2.05) is 0 Å². The Labute approximate surface area is 49.3 Å². The van der Waals surface area contributed by atoms with E-state index in [1.165, 1.54) is 16.2 Å². The zero-order valence-corrected chi connectivity index (χ0v) is 4.73. The molecule has 0 aliphatic rings. The zero-order chi connectivity index (χ0) is 6.28. The van der Waals surface area contributed by atoms with Crippen LogP contribution in [0.5, 0.6) is 0 Å². The maximum absolute atomic E-state index is 9.25. The summed E-state index contributed by atoms with van der Waals surface area (Å²) in [7, 11) is 0. The van der Waals surface area contributed by atoms with E-state index in [4.69, 9.17) is 8.91 Å². The first-order valence-corrected chi connectivity index (χ1v) is 1.81. The number of aliphatic carboxylic acids is 1. The molecule has 40 valence electrons. The van der Waals surface area contributed by atoms with Gasteiger partial charge in [0.05, 0.1) is 0 Å². The van der Waals surface area contributed by atoms with Crippen molar-refractivity contribution >= 4 is 5.97 Å². The van der Waals surface area contributed by atoms with Crippen molar-refractivity contribution in [3.8, 4) is 0 Å². The van der Waals surface area contributed by atoms with E-state index in [9.17, 15) is 4.79 Å². The van der Waals surface area contributed by atoms with Crippen molar-refractivity contribution in [3.63, 3.8) is 0 Å². The van der Waals surface area contributed by atoms with Crippen LogP contribution in [0, 0.1) is 0 Å². The third-order valence-corrected chi connectivity index (χ3v) is 0.175. The summed E-state index contributed by atoms with van der Waals surface area (Å²) in [5, 5.41) is 7.60. The van der Waals surface area contributed by atoms with Crippen LogP contribution in [-0.4, -0.2) is 11.1 Å². The summed E-state index contributed by atoms with van der Waals surface area (Å²) in [6.07, 6.45) is 0.833. The molecule has 0 aromatic carbocycles. The number of hydrogen-bond donors (Lipinski definition) is 1. The Morgan fingerprint density at radius 1 is 1.71 bits per heavy atom. The van der Waals surface area contributed by atoms with Crippen molar-refractivity contribution in [1.82, 2.24) is 0 Å². The Hall–Kier alpha value is -0.458. The van der Waals surface area contributed by atoms with E-state index in [-0.39, 0.29) is 0 Å². The van der Waals surface area contributed by atoms with Crippen LogP contribution < -0.4 is 0 Å². The monoisotopic (exact) mass is 140 g/mol. The Morgan fingerprint density at radius 2 is 1.86 bits per heavy atom. The molecule has 0 fully saturated rings. The van der Waals surface area contributed by atoms with Crippen molar-refractivity contribution in [3.05, 3.63) is 12.7 Å². The van der Waals surface area contributed by atoms with Gasteiger partial charge in [-0.1, -0.05) is 6.58 Å². The van der Waals surface area contributed by atoms with Crippen LogP contribution in [0.1, 0.15) is 0 Å². The SMILES string of the molecule is C=CC(=O)O.[O]=[Cr]. The summed E-state index contributed by atoms with van der Waals surface area (Å²) in [6, 6.07) is 0. The zero-order valence-electron chi connectivity index (χ0n) is 3.46. The molecule has 1 N–H and O–H groups in total. The van der Waals surface area contributed by atoms with Crippen molar-refractivity contribution < 1.29 is 29.9 Å². The van der Waals surface area contributed by atoms with Gasteiger partial charge in [-0.25, -0.2) is 4.79 Å². The van der Waals surface area contributed by atoms with E-state index in [1.54, 1.807) is 0 Å². The molecule has 0 unspecified atom stereocenters. The summed E-state index contributed by atoms with van der Waals surface area (Å²) in [5.74, 6) is -0.981. The molecular formula is C3H4CrO3. The summed E-state index contributed by atoms with van der Waals surface area (Å²) in [6.45, 7) is 2.96. The van der Waals surface area contributed by atoms with Gasteiger partial charge in [0.25, 0.3) is 0 Å². The van der Waals surface area contributed by atoms with Crippen molar-refractivity contribution in [2.75, 3.05) is 0 Å². The normalized spacial score (nSPS) is 5.14. The van der Waals surface area contributed by atoms with Gasteiger partial charge in [0, 0.05) is 6.08 Å². The van der Waals surface area contributed by atoms with Crippen LogP contribution in [-0.2, 0) is 24.8 Å². The quantitative estimate of drug-likeness (QED) is 0.527. The van der Waals surface area contributed by atoms with Crippen LogP contribution >= 0.6 is 0 Å². The van der Waals surface area contributed by atoms with E-state index < -0.39 is 5.97 Å². The predicted molar refractivity (Wildman–Crippen MR) is 18.5 cm³/mol. The Morgan fingerprint density at radius 3 is 1.86 bits per heavy atom. The van der Waals surface area contributed by atoms with Crippen LogP contribution in [0.25, 0.3) is 0 Å². The molecule has 0 spiro atoms. The van der Waals surface area contributed by atoms with Crippen LogP contribution in [0.3, 0.4) is 0 Å². The average molecular weight is 140 g/mol. The molecule has 0 rings (SSSR count). The van der Waals surface area contributed by atoms with Gasteiger partial charge in [0.15, 0.2) is 0 Å². The van der Waals surface area contributed by atoms with E-state index in [2.05, 4.69) is 6.58 Å². The van der Waals surface area contributed by atoms with Gasteiger partial charge in [-0.2, -0.15) is 0 Å². The van der Waals surface area contributed by atoms with E-state index >= 15 is 0 Å². The molecule has 0 heterocycles. The first-order valence-electron chi connectivity index (χ1n) is 1.29. The Bertz CT molecular complexity index is 70.6. The summed E-state index contributed by atoms with van der Waals surface area (Å²) >= 11 is 1.38. The molecule has 0 saturated carbocycles. The van der Waals surface area contributed by atoms with Gasteiger partial charge < -0.3 is 5.11 Å². The van der Waals surface area contributed by atoms with Crippen molar-refractivity contribution in [2.45, 2.75) is 0 Å². The molecular weight excluding hydrogens is 136 g/mol. The number of hydrogen-bond acceptors (Lipinski definition) is 2. The van der Waals surface area contributed by atoms with Crippen LogP contribution in [0.2, 0.25) is 0 Å². The second-order valence-electron chi connectivity index (χ2n) is 0.542. The maximum atomic E-state index is 9.25.